The molecule has 1 aliphatic rings. The van der Waals surface area contributed by atoms with Gasteiger partial charge in [0.1, 0.15) is 5.69 Å². The van der Waals surface area contributed by atoms with Crippen molar-refractivity contribution in [1.82, 2.24) is 15.3 Å². The lowest BCUT2D eigenvalue weighted by molar-refractivity contribution is -0.120. The van der Waals surface area contributed by atoms with Gasteiger partial charge in [-0.05, 0) is 29.8 Å². The molecule has 4 rings (SSSR count). The third-order valence-corrected chi connectivity index (χ3v) is 3.78. The van der Waals surface area contributed by atoms with E-state index in [0.29, 0.717) is 28.6 Å². The Morgan fingerprint density at radius 2 is 2.00 bits per heavy atom. The number of nitrogens with one attached hydrogen (secondary N) is 1. The Morgan fingerprint density at radius 1 is 1.12 bits per heavy atom. The van der Waals surface area contributed by atoms with Crippen LogP contribution in [0.5, 0.6) is 11.5 Å². The molecule has 0 unspecified atom stereocenters. The average molecular weight is 337 g/mol. The second-order valence-corrected chi connectivity index (χ2v) is 5.47. The van der Waals surface area contributed by atoms with Crippen LogP contribution >= 0.6 is 0 Å². The lowest BCUT2D eigenvalue weighted by atomic mass is 10.1. The molecular formula is C18H15N3O4. The monoisotopic (exact) mass is 337 g/mol. The van der Waals surface area contributed by atoms with E-state index in [0.717, 1.165) is 5.56 Å². The van der Waals surface area contributed by atoms with Gasteiger partial charge in [0, 0.05) is 12.4 Å². The zero-order valence-electron chi connectivity index (χ0n) is 13.3. The molecule has 0 fully saturated rings. The molecule has 126 valence electrons. The smallest absolute Gasteiger partial charge is 0.231 e. The van der Waals surface area contributed by atoms with Gasteiger partial charge in [0.2, 0.25) is 12.7 Å². The summed E-state index contributed by atoms with van der Waals surface area (Å²) in [5, 5.41) is 2.86. The normalized spacial score (nSPS) is 12.2. The zero-order valence-corrected chi connectivity index (χ0v) is 13.3. The highest BCUT2D eigenvalue weighted by Gasteiger charge is 2.15. The fraction of sp³-hybridized carbons (Fsp3) is 0.167. The fourth-order valence-electron chi connectivity index (χ4n) is 2.60. The minimum atomic E-state index is -0.116. The number of ether oxygens (including phenoxy) is 2. The number of fused-ring (bicyclic) bond motifs is 1. The molecule has 1 aromatic carbocycles. The van der Waals surface area contributed by atoms with E-state index >= 15 is 0 Å². The van der Waals surface area contributed by atoms with Gasteiger partial charge in [-0.3, -0.25) is 9.78 Å². The molecule has 0 bridgehead atoms. The molecule has 7 heteroatoms. The highest BCUT2D eigenvalue weighted by atomic mass is 16.7. The lowest BCUT2D eigenvalue weighted by Gasteiger charge is -2.08. The Bertz CT molecular complexity index is 893. The van der Waals surface area contributed by atoms with E-state index in [1.165, 1.54) is 0 Å². The SMILES string of the molecule is O=C(Cc1ccc2c(c1)OCO2)NCc1nccnc1-c1ccco1. The van der Waals surface area contributed by atoms with Gasteiger partial charge < -0.3 is 19.2 Å². The van der Waals surface area contributed by atoms with Crippen LogP contribution in [0.1, 0.15) is 11.3 Å². The van der Waals surface area contributed by atoms with Crippen LogP contribution in [0.3, 0.4) is 0 Å². The molecule has 0 saturated carbocycles. The Labute approximate surface area is 143 Å². The summed E-state index contributed by atoms with van der Waals surface area (Å²) in [6.45, 7) is 0.487. The van der Waals surface area contributed by atoms with Crippen LogP contribution in [0.15, 0.2) is 53.4 Å². The summed E-state index contributed by atoms with van der Waals surface area (Å²) < 4.78 is 16.0. The van der Waals surface area contributed by atoms with Crippen LogP contribution in [0, 0.1) is 0 Å². The quantitative estimate of drug-likeness (QED) is 0.769. The van der Waals surface area contributed by atoms with Gasteiger partial charge in [-0.25, -0.2) is 4.98 Å². The largest absolute Gasteiger partial charge is 0.463 e. The number of carbonyl (C=O) groups excluding carboxylic acids is 1. The first-order valence-electron chi connectivity index (χ1n) is 7.78. The first kappa shape index (κ1) is 15.2. The molecule has 7 nitrogen and oxygen atoms in total. The van der Waals surface area contributed by atoms with Gasteiger partial charge >= 0.3 is 0 Å². The number of nitrogens with zero attached hydrogens (tertiary/aromatic N) is 2. The molecule has 0 radical (unpaired) electrons. The molecular weight excluding hydrogens is 322 g/mol. The molecule has 1 N–H and O–H groups in total. The van der Waals surface area contributed by atoms with Crippen molar-refractivity contribution in [3.8, 4) is 23.0 Å². The number of rotatable bonds is 5. The first-order valence-corrected chi connectivity index (χ1v) is 7.78. The number of furan rings is 1. The third kappa shape index (κ3) is 3.30. The number of carbonyl (C=O) groups is 1. The predicted molar refractivity (Wildman–Crippen MR) is 87.8 cm³/mol. The van der Waals surface area contributed by atoms with Crippen molar-refractivity contribution in [2.45, 2.75) is 13.0 Å². The second kappa shape index (κ2) is 6.64. The minimum absolute atomic E-state index is 0.116. The number of hydrogen-bond donors (Lipinski definition) is 1. The minimum Gasteiger partial charge on any atom is -0.463 e. The molecule has 0 spiro atoms. The summed E-state index contributed by atoms with van der Waals surface area (Å²) in [7, 11) is 0. The maximum Gasteiger partial charge on any atom is 0.231 e. The molecule has 1 aliphatic heterocycles. The molecule has 0 atom stereocenters. The Hall–Kier alpha value is -3.35. The third-order valence-electron chi connectivity index (χ3n) is 3.78. The maximum absolute atomic E-state index is 12.2. The van der Waals surface area contributed by atoms with Crippen LogP contribution in [0.25, 0.3) is 11.5 Å². The highest BCUT2D eigenvalue weighted by molar-refractivity contribution is 5.79. The summed E-state index contributed by atoms with van der Waals surface area (Å²) in [5.41, 5.74) is 2.12. The molecule has 0 saturated heterocycles. The predicted octanol–water partition coefficient (Wildman–Crippen LogP) is 2.32. The number of benzene rings is 1. The molecule has 0 aliphatic carbocycles. The molecule has 25 heavy (non-hydrogen) atoms. The summed E-state index contributed by atoms with van der Waals surface area (Å²) >= 11 is 0. The van der Waals surface area contributed by atoms with E-state index in [4.69, 9.17) is 13.9 Å². The van der Waals surface area contributed by atoms with E-state index in [2.05, 4.69) is 15.3 Å². The van der Waals surface area contributed by atoms with Crippen molar-refractivity contribution in [2.75, 3.05) is 6.79 Å². The lowest BCUT2D eigenvalue weighted by Crippen LogP contribution is -2.25. The average Bonchev–Trinajstić information content (AvgIpc) is 3.31. The van der Waals surface area contributed by atoms with Crippen LogP contribution in [-0.2, 0) is 17.8 Å². The number of aromatic nitrogens is 2. The highest BCUT2D eigenvalue weighted by Crippen LogP contribution is 2.32. The van der Waals surface area contributed by atoms with E-state index in [9.17, 15) is 4.79 Å². The van der Waals surface area contributed by atoms with Crippen LogP contribution in [-0.4, -0.2) is 22.7 Å². The first-order chi connectivity index (χ1) is 12.3. The Morgan fingerprint density at radius 3 is 2.88 bits per heavy atom. The fourth-order valence-corrected chi connectivity index (χ4v) is 2.60. The summed E-state index contributed by atoms with van der Waals surface area (Å²) in [6, 6.07) is 9.07. The van der Waals surface area contributed by atoms with E-state index in [-0.39, 0.29) is 25.7 Å². The van der Waals surface area contributed by atoms with E-state index in [1.807, 2.05) is 24.3 Å². The number of hydrogen-bond acceptors (Lipinski definition) is 6. The van der Waals surface area contributed by atoms with Crippen molar-refractivity contribution in [2.24, 2.45) is 0 Å². The Kier molecular flexibility index (Phi) is 4.04. The summed E-state index contributed by atoms with van der Waals surface area (Å²) in [4.78, 5) is 20.8. The van der Waals surface area contributed by atoms with Gasteiger partial charge in [0.15, 0.2) is 17.3 Å². The maximum atomic E-state index is 12.2. The van der Waals surface area contributed by atoms with Crippen LogP contribution in [0.2, 0.25) is 0 Å². The summed E-state index contributed by atoms with van der Waals surface area (Å²) in [6.07, 6.45) is 5.00. The van der Waals surface area contributed by atoms with Gasteiger partial charge in [0.05, 0.1) is 24.9 Å². The summed E-state index contributed by atoms with van der Waals surface area (Å²) in [5.74, 6) is 1.87. The van der Waals surface area contributed by atoms with Crippen molar-refractivity contribution in [3.05, 3.63) is 60.2 Å². The van der Waals surface area contributed by atoms with E-state index < -0.39 is 0 Å². The second-order valence-electron chi connectivity index (χ2n) is 5.47. The standard InChI is InChI=1S/C18H15N3O4/c22-17(9-12-3-4-14-16(8-12)25-11-24-14)21-10-13-18(20-6-5-19-13)15-2-1-7-23-15/h1-8H,9-11H2,(H,21,22). The van der Waals surface area contributed by atoms with Crippen LogP contribution < -0.4 is 14.8 Å². The van der Waals surface area contributed by atoms with Crippen molar-refractivity contribution < 1.29 is 18.7 Å². The molecule has 1 amide bonds. The zero-order chi connectivity index (χ0) is 17.1. The molecule has 3 heterocycles. The molecule has 2 aromatic heterocycles. The number of amides is 1. The Balaban J connectivity index is 1.41. The van der Waals surface area contributed by atoms with Crippen molar-refractivity contribution in [3.63, 3.8) is 0 Å². The van der Waals surface area contributed by atoms with E-state index in [1.54, 1.807) is 24.7 Å². The van der Waals surface area contributed by atoms with Crippen molar-refractivity contribution in [1.29, 1.82) is 0 Å². The molecule has 3 aromatic rings. The topological polar surface area (TPSA) is 86.5 Å². The van der Waals surface area contributed by atoms with Crippen LogP contribution in [0.4, 0.5) is 0 Å². The van der Waals surface area contributed by atoms with Gasteiger partial charge in [-0.2, -0.15) is 0 Å². The van der Waals surface area contributed by atoms with Gasteiger partial charge in [0.25, 0.3) is 0 Å². The van der Waals surface area contributed by atoms with Gasteiger partial charge in [-0.1, -0.05) is 6.07 Å². The van der Waals surface area contributed by atoms with Crippen molar-refractivity contribution >= 4 is 5.91 Å². The van der Waals surface area contributed by atoms with Gasteiger partial charge in [-0.15, -0.1) is 0 Å².